The smallest absolute Gasteiger partial charge is 0.396 e. The van der Waals surface area contributed by atoms with Crippen molar-refractivity contribution in [2.24, 2.45) is 5.41 Å². The normalized spacial score (nSPS) is 14.0. The van der Waals surface area contributed by atoms with E-state index in [4.69, 9.17) is 24.3 Å². The van der Waals surface area contributed by atoms with Crippen LogP contribution < -0.4 is 0 Å². The molecule has 0 amide bonds. The van der Waals surface area contributed by atoms with Gasteiger partial charge in [-0.05, 0) is 12.8 Å². The summed E-state index contributed by atoms with van der Waals surface area (Å²) in [6, 6.07) is 0. The second-order valence-corrected chi connectivity index (χ2v) is 7.66. The molecule has 1 atom stereocenters. The fraction of sp³-hybridized carbons (Fsp3) is 1.00. The van der Waals surface area contributed by atoms with E-state index in [0.717, 1.165) is 19.3 Å². The Kier molecular flexibility index (Phi) is 13.7. The van der Waals surface area contributed by atoms with Crippen LogP contribution in [0.4, 0.5) is 0 Å². The van der Waals surface area contributed by atoms with E-state index in [0.29, 0.717) is 6.61 Å². The highest BCUT2D eigenvalue weighted by atomic mass is 31.3. The molecule has 0 spiro atoms. The lowest BCUT2D eigenvalue weighted by Gasteiger charge is -2.36. The maximum atomic E-state index is 9.63. The Balaban J connectivity index is 0. The summed E-state index contributed by atoms with van der Waals surface area (Å²) in [7, 11) is -10.1. The van der Waals surface area contributed by atoms with Crippen molar-refractivity contribution < 1.29 is 53.1 Å². The summed E-state index contributed by atoms with van der Waals surface area (Å²) in [6.07, 6.45) is 2.25. The molecular formula is C11H28O11P2. The zero-order chi connectivity index (χ0) is 19.4. The van der Waals surface area contributed by atoms with Crippen molar-refractivity contribution >= 4 is 15.6 Å². The summed E-state index contributed by atoms with van der Waals surface area (Å²) in [4.78, 5) is 31.0. The molecule has 0 aliphatic rings. The quantitative estimate of drug-likeness (QED) is 0.226. The van der Waals surface area contributed by atoms with Crippen LogP contribution in [0.3, 0.4) is 0 Å². The zero-order valence-electron chi connectivity index (χ0n) is 13.7. The highest BCUT2D eigenvalue weighted by Crippen LogP contribution is 2.53. The predicted molar refractivity (Wildman–Crippen MR) is 83.8 cm³/mol. The number of aliphatic hydroxyl groups is 3. The molecule has 0 bridgehead atoms. The van der Waals surface area contributed by atoms with Crippen molar-refractivity contribution in [1.82, 2.24) is 0 Å². The Labute approximate surface area is 140 Å². The van der Waals surface area contributed by atoms with Gasteiger partial charge in [0.1, 0.15) is 0 Å². The minimum absolute atomic E-state index is 0.256. The van der Waals surface area contributed by atoms with Crippen molar-refractivity contribution in [3.63, 3.8) is 0 Å². The standard InChI is InChI=1S/C11H24O4.H4O7P2/c1-3-5-10(15-6-4-2)11(7-12,8-13)9-14;1-8(2,3)7-9(4,5)6/h10,12-14H,3-9H2,1-2H3;(H2,1,2,3)(H2,4,5,6). The first kappa shape index (κ1) is 26.3. The van der Waals surface area contributed by atoms with E-state index in [1.165, 1.54) is 0 Å². The SMILES string of the molecule is CCCOC(CCC)C(CO)(CO)CO.O=P(O)(O)OP(=O)(O)O. The maximum Gasteiger partial charge on any atom is 0.478 e. The van der Waals surface area contributed by atoms with Gasteiger partial charge in [0, 0.05) is 6.61 Å². The topological polar surface area (TPSA) is 194 Å². The van der Waals surface area contributed by atoms with E-state index in [-0.39, 0.29) is 25.9 Å². The van der Waals surface area contributed by atoms with Gasteiger partial charge in [0.2, 0.25) is 0 Å². The average molecular weight is 398 g/mol. The number of ether oxygens (including phenoxy) is 1. The maximum absolute atomic E-state index is 9.63. The van der Waals surface area contributed by atoms with E-state index in [1.807, 2.05) is 13.8 Å². The van der Waals surface area contributed by atoms with Crippen molar-refractivity contribution in [3.05, 3.63) is 0 Å². The van der Waals surface area contributed by atoms with Gasteiger partial charge in [-0.2, -0.15) is 4.31 Å². The lowest BCUT2D eigenvalue weighted by Crippen LogP contribution is -2.46. The Hall–Kier alpha value is 0.100. The van der Waals surface area contributed by atoms with Gasteiger partial charge in [-0.3, -0.25) is 0 Å². The minimum atomic E-state index is -5.05. The van der Waals surface area contributed by atoms with Crippen molar-refractivity contribution in [3.8, 4) is 0 Å². The predicted octanol–water partition coefficient (Wildman–Crippen LogP) is -0.267. The first-order valence-corrected chi connectivity index (χ1v) is 10.2. The molecule has 0 aromatic heterocycles. The number of phosphoric acid groups is 2. The fourth-order valence-corrected chi connectivity index (χ4v) is 2.79. The highest BCUT2D eigenvalue weighted by molar-refractivity contribution is 7.60. The molecule has 13 heteroatoms. The van der Waals surface area contributed by atoms with Crippen LogP contribution in [-0.4, -0.2) is 67.4 Å². The lowest BCUT2D eigenvalue weighted by atomic mass is 9.82. The van der Waals surface area contributed by atoms with Gasteiger partial charge in [0.15, 0.2) is 0 Å². The van der Waals surface area contributed by atoms with Crippen molar-refractivity contribution in [1.29, 1.82) is 0 Å². The summed E-state index contributed by atoms with van der Waals surface area (Å²) in [5.41, 5.74) is -0.912. The third-order valence-electron chi connectivity index (χ3n) is 2.91. The Bertz CT molecular complexity index is 373. The summed E-state index contributed by atoms with van der Waals surface area (Å²) in [6.45, 7) is 3.84. The molecule has 0 heterocycles. The molecule has 0 saturated heterocycles. The number of hydrogen-bond acceptors (Lipinski definition) is 7. The van der Waals surface area contributed by atoms with Crippen LogP contribution in [0.1, 0.15) is 33.1 Å². The van der Waals surface area contributed by atoms with Crippen LogP contribution in [0, 0.1) is 5.41 Å². The third-order valence-corrected chi connectivity index (χ3v) is 4.62. The summed E-state index contributed by atoms with van der Waals surface area (Å²) < 4.78 is 27.8. The summed E-state index contributed by atoms with van der Waals surface area (Å²) in [5, 5.41) is 27.8. The summed E-state index contributed by atoms with van der Waals surface area (Å²) in [5.74, 6) is 0. The van der Waals surface area contributed by atoms with E-state index >= 15 is 0 Å². The molecule has 0 rings (SSSR count). The Morgan fingerprint density at radius 1 is 0.875 bits per heavy atom. The molecule has 24 heavy (non-hydrogen) atoms. The highest BCUT2D eigenvalue weighted by Gasteiger charge is 2.37. The van der Waals surface area contributed by atoms with E-state index < -0.39 is 21.1 Å². The van der Waals surface area contributed by atoms with Gasteiger partial charge in [0.05, 0.1) is 31.3 Å². The Morgan fingerprint density at radius 2 is 1.29 bits per heavy atom. The molecule has 7 N–H and O–H groups in total. The molecule has 11 nitrogen and oxygen atoms in total. The number of aliphatic hydroxyl groups excluding tert-OH is 3. The molecule has 0 aromatic carbocycles. The lowest BCUT2D eigenvalue weighted by molar-refractivity contribution is -0.116. The van der Waals surface area contributed by atoms with Crippen LogP contribution in [0.25, 0.3) is 0 Å². The monoisotopic (exact) mass is 398 g/mol. The van der Waals surface area contributed by atoms with Crippen LogP contribution >= 0.6 is 15.6 Å². The van der Waals surface area contributed by atoms with Crippen LogP contribution in [0.2, 0.25) is 0 Å². The van der Waals surface area contributed by atoms with E-state index in [9.17, 15) is 24.4 Å². The average Bonchev–Trinajstić information content (AvgIpc) is 2.43. The molecule has 0 fully saturated rings. The minimum Gasteiger partial charge on any atom is -0.396 e. The third kappa shape index (κ3) is 12.5. The first-order valence-electron chi connectivity index (χ1n) is 7.18. The largest absolute Gasteiger partial charge is 0.478 e. The molecule has 0 saturated carbocycles. The summed E-state index contributed by atoms with van der Waals surface area (Å²) >= 11 is 0. The number of hydrogen-bond donors (Lipinski definition) is 7. The van der Waals surface area contributed by atoms with Crippen molar-refractivity contribution in [2.75, 3.05) is 26.4 Å². The molecule has 0 aliphatic heterocycles. The Morgan fingerprint density at radius 3 is 1.50 bits per heavy atom. The van der Waals surface area contributed by atoms with Gasteiger partial charge in [-0.15, -0.1) is 0 Å². The van der Waals surface area contributed by atoms with E-state index in [1.54, 1.807) is 0 Å². The number of rotatable bonds is 11. The van der Waals surface area contributed by atoms with Gasteiger partial charge >= 0.3 is 15.6 Å². The second-order valence-electron chi connectivity index (χ2n) is 5.05. The first-order chi connectivity index (χ1) is 10.9. The van der Waals surface area contributed by atoms with Gasteiger partial charge < -0.3 is 39.6 Å². The molecule has 0 radical (unpaired) electrons. The van der Waals surface area contributed by atoms with Gasteiger partial charge in [0.25, 0.3) is 0 Å². The van der Waals surface area contributed by atoms with Crippen LogP contribution in [0.5, 0.6) is 0 Å². The second kappa shape index (κ2) is 12.5. The van der Waals surface area contributed by atoms with Gasteiger partial charge in [-0.25, -0.2) is 9.13 Å². The molecular weight excluding hydrogens is 370 g/mol. The molecule has 148 valence electrons. The zero-order valence-corrected chi connectivity index (χ0v) is 15.5. The fourth-order valence-electron chi connectivity index (χ4n) is 1.68. The van der Waals surface area contributed by atoms with Crippen molar-refractivity contribution in [2.45, 2.75) is 39.2 Å². The molecule has 0 aliphatic carbocycles. The van der Waals surface area contributed by atoms with Crippen LogP contribution in [0.15, 0.2) is 0 Å². The van der Waals surface area contributed by atoms with Crippen LogP contribution in [-0.2, 0) is 18.2 Å². The molecule has 1 unspecified atom stereocenters. The van der Waals surface area contributed by atoms with Gasteiger partial charge in [-0.1, -0.05) is 20.3 Å². The molecule has 0 aromatic rings. The van der Waals surface area contributed by atoms with E-state index in [2.05, 4.69) is 4.31 Å².